The van der Waals surface area contributed by atoms with E-state index in [0.29, 0.717) is 6.54 Å². The zero-order valence-corrected chi connectivity index (χ0v) is 11.1. The lowest BCUT2D eigenvalue weighted by atomic mass is 10.3. The molecule has 1 saturated heterocycles. The van der Waals surface area contributed by atoms with Gasteiger partial charge in [0.1, 0.15) is 11.6 Å². The highest BCUT2D eigenvalue weighted by Crippen LogP contribution is 2.13. The molecule has 1 aliphatic rings. The zero-order valence-electron chi connectivity index (χ0n) is 10.2. The zero-order chi connectivity index (χ0) is 13.1. The molecule has 0 aliphatic carbocycles. The Morgan fingerprint density at radius 1 is 1.37 bits per heavy atom. The lowest BCUT2D eigenvalue weighted by molar-refractivity contribution is -0.117. The Hall–Kier alpha value is -1.24. The predicted molar refractivity (Wildman–Crippen MR) is 71.3 cm³/mol. The molecule has 1 amide bonds. The van der Waals surface area contributed by atoms with Gasteiger partial charge in [-0.25, -0.2) is 8.78 Å². The number of rotatable bonds is 3. The molecule has 2 rings (SSSR count). The average molecular weight is 292 g/mol. The van der Waals surface area contributed by atoms with Crippen molar-refractivity contribution in [3.05, 3.63) is 29.8 Å². The lowest BCUT2D eigenvalue weighted by Gasteiger charge is -2.14. The minimum atomic E-state index is -0.714. The first-order chi connectivity index (χ1) is 8.52. The number of carbonyl (C=O) groups is 1. The molecule has 3 N–H and O–H groups in total. The second kappa shape index (κ2) is 6.79. The Bertz CT molecular complexity index is 438. The smallest absolute Gasteiger partial charge is 0.238 e. The van der Waals surface area contributed by atoms with Gasteiger partial charge in [0.2, 0.25) is 5.91 Å². The van der Waals surface area contributed by atoms with Crippen LogP contribution >= 0.6 is 12.4 Å². The minimum absolute atomic E-state index is 0. The maximum absolute atomic E-state index is 12.9. The summed E-state index contributed by atoms with van der Waals surface area (Å²) in [7, 11) is 0. The molecule has 0 saturated carbocycles. The molecule has 1 atom stereocenters. The van der Waals surface area contributed by atoms with Crippen molar-refractivity contribution < 1.29 is 13.6 Å². The number of nitrogens with zero attached hydrogens (tertiary/aromatic N) is 1. The van der Waals surface area contributed by atoms with Crippen LogP contribution in [0.1, 0.15) is 6.42 Å². The summed E-state index contributed by atoms with van der Waals surface area (Å²) in [5.41, 5.74) is 5.85. The molecule has 1 unspecified atom stereocenters. The highest BCUT2D eigenvalue weighted by molar-refractivity contribution is 5.92. The van der Waals surface area contributed by atoms with Gasteiger partial charge in [0, 0.05) is 30.9 Å². The lowest BCUT2D eigenvalue weighted by Crippen LogP contribution is -2.33. The normalized spacial score (nSPS) is 19.0. The monoisotopic (exact) mass is 291 g/mol. The third-order valence-electron chi connectivity index (χ3n) is 2.82. The first-order valence-corrected chi connectivity index (χ1v) is 5.77. The van der Waals surface area contributed by atoms with Crippen LogP contribution in [-0.4, -0.2) is 36.5 Å². The summed E-state index contributed by atoms with van der Waals surface area (Å²) in [5.74, 6) is -1.73. The van der Waals surface area contributed by atoms with E-state index < -0.39 is 11.6 Å². The van der Waals surface area contributed by atoms with E-state index in [1.54, 1.807) is 0 Å². The number of hydrogen-bond donors (Lipinski definition) is 2. The molecule has 1 fully saturated rings. The van der Waals surface area contributed by atoms with Gasteiger partial charge < -0.3 is 11.1 Å². The standard InChI is InChI=1S/C12H15F2N3O.ClH/c13-8-3-9(14)5-11(4-8)16-12(18)7-17-2-1-10(15)6-17;/h3-5,10H,1-2,6-7,15H2,(H,16,18);1H. The Kier molecular flexibility index (Phi) is 5.65. The van der Waals surface area contributed by atoms with E-state index in [1.807, 2.05) is 4.90 Å². The van der Waals surface area contributed by atoms with E-state index in [4.69, 9.17) is 5.73 Å². The number of anilines is 1. The van der Waals surface area contributed by atoms with Gasteiger partial charge >= 0.3 is 0 Å². The van der Waals surface area contributed by atoms with Crippen molar-refractivity contribution in [3.8, 4) is 0 Å². The molecule has 7 heteroatoms. The van der Waals surface area contributed by atoms with Crippen LogP contribution < -0.4 is 11.1 Å². The highest BCUT2D eigenvalue weighted by Gasteiger charge is 2.21. The summed E-state index contributed by atoms with van der Waals surface area (Å²) in [5, 5.41) is 2.46. The molecule has 0 radical (unpaired) electrons. The number of halogens is 3. The van der Waals surface area contributed by atoms with Crippen molar-refractivity contribution in [1.29, 1.82) is 0 Å². The van der Waals surface area contributed by atoms with Gasteiger partial charge in [0.15, 0.2) is 0 Å². The Balaban J connectivity index is 0.00000180. The molecule has 1 aromatic rings. The fraction of sp³-hybridized carbons (Fsp3) is 0.417. The van der Waals surface area contributed by atoms with Crippen LogP contribution in [0.25, 0.3) is 0 Å². The Labute approximate surface area is 116 Å². The molecular formula is C12H16ClF2N3O. The first-order valence-electron chi connectivity index (χ1n) is 5.77. The molecule has 1 aromatic carbocycles. The fourth-order valence-electron chi connectivity index (χ4n) is 2.04. The van der Waals surface area contributed by atoms with Gasteiger partial charge in [0.25, 0.3) is 0 Å². The van der Waals surface area contributed by atoms with Gasteiger partial charge in [-0.05, 0) is 18.6 Å². The topological polar surface area (TPSA) is 58.4 Å². The summed E-state index contributed by atoms with van der Waals surface area (Å²) < 4.78 is 25.8. The molecule has 0 aromatic heterocycles. The van der Waals surface area contributed by atoms with Gasteiger partial charge in [-0.2, -0.15) is 0 Å². The quantitative estimate of drug-likeness (QED) is 0.884. The predicted octanol–water partition coefficient (Wildman–Crippen LogP) is 1.36. The van der Waals surface area contributed by atoms with Crippen molar-refractivity contribution >= 4 is 24.0 Å². The number of carbonyl (C=O) groups excluding carboxylic acids is 1. The van der Waals surface area contributed by atoms with Crippen LogP contribution in [0.5, 0.6) is 0 Å². The molecule has 1 aliphatic heterocycles. The summed E-state index contributed by atoms with van der Waals surface area (Å²) in [6, 6.07) is 3.02. The van der Waals surface area contributed by atoms with Gasteiger partial charge in [-0.15, -0.1) is 12.4 Å². The second-order valence-corrected chi connectivity index (χ2v) is 4.49. The maximum atomic E-state index is 12.9. The van der Waals surface area contributed by atoms with Crippen LogP contribution in [0.3, 0.4) is 0 Å². The molecule has 0 bridgehead atoms. The summed E-state index contributed by atoms with van der Waals surface area (Å²) in [6.45, 7) is 1.63. The maximum Gasteiger partial charge on any atom is 0.238 e. The van der Waals surface area contributed by atoms with E-state index in [1.165, 1.54) is 0 Å². The van der Waals surface area contributed by atoms with Gasteiger partial charge in [-0.3, -0.25) is 9.69 Å². The van der Waals surface area contributed by atoms with Crippen molar-refractivity contribution in [1.82, 2.24) is 4.90 Å². The Morgan fingerprint density at radius 2 is 2.00 bits per heavy atom. The van der Waals surface area contributed by atoms with Crippen LogP contribution in [0.15, 0.2) is 18.2 Å². The van der Waals surface area contributed by atoms with Gasteiger partial charge in [0.05, 0.1) is 6.54 Å². The second-order valence-electron chi connectivity index (χ2n) is 4.49. The molecule has 4 nitrogen and oxygen atoms in total. The number of hydrogen-bond acceptors (Lipinski definition) is 3. The van der Waals surface area contributed by atoms with E-state index in [0.717, 1.165) is 31.2 Å². The third-order valence-corrected chi connectivity index (χ3v) is 2.82. The largest absolute Gasteiger partial charge is 0.326 e. The fourth-order valence-corrected chi connectivity index (χ4v) is 2.04. The Morgan fingerprint density at radius 3 is 2.53 bits per heavy atom. The minimum Gasteiger partial charge on any atom is -0.326 e. The van der Waals surface area contributed by atoms with Crippen molar-refractivity contribution in [2.75, 3.05) is 25.0 Å². The molecule has 19 heavy (non-hydrogen) atoms. The van der Waals surface area contributed by atoms with Crippen LogP contribution in [-0.2, 0) is 4.79 Å². The van der Waals surface area contributed by atoms with E-state index in [2.05, 4.69) is 5.32 Å². The highest BCUT2D eigenvalue weighted by atomic mass is 35.5. The number of amides is 1. The SMILES string of the molecule is Cl.NC1CCN(CC(=O)Nc2cc(F)cc(F)c2)C1. The van der Waals surface area contributed by atoms with E-state index >= 15 is 0 Å². The number of nitrogens with one attached hydrogen (secondary N) is 1. The number of benzene rings is 1. The molecular weight excluding hydrogens is 276 g/mol. The summed E-state index contributed by atoms with van der Waals surface area (Å²) >= 11 is 0. The average Bonchev–Trinajstić information content (AvgIpc) is 2.61. The van der Waals surface area contributed by atoms with Crippen molar-refractivity contribution in [2.24, 2.45) is 5.73 Å². The van der Waals surface area contributed by atoms with Crippen LogP contribution in [0, 0.1) is 11.6 Å². The van der Waals surface area contributed by atoms with Crippen LogP contribution in [0.4, 0.5) is 14.5 Å². The van der Waals surface area contributed by atoms with Crippen LogP contribution in [0.2, 0.25) is 0 Å². The van der Waals surface area contributed by atoms with E-state index in [9.17, 15) is 13.6 Å². The summed E-state index contributed by atoms with van der Waals surface area (Å²) in [4.78, 5) is 13.6. The molecule has 106 valence electrons. The first kappa shape index (κ1) is 15.8. The molecule has 0 spiro atoms. The van der Waals surface area contributed by atoms with Crippen molar-refractivity contribution in [3.63, 3.8) is 0 Å². The third kappa shape index (κ3) is 4.74. The number of likely N-dealkylation sites (tertiary alicyclic amines) is 1. The van der Waals surface area contributed by atoms with E-state index in [-0.39, 0.29) is 36.6 Å². The summed E-state index contributed by atoms with van der Waals surface area (Å²) in [6.07, 6.45) is 0.863. The van der Waals surface area contributed by atoms with Gasteiger partial charge in [-0.1, -0.05) is 0 Å². The number of nitrogens with two attached hydrogens (primary N) is 1. The van der Waals surface area contributed by atoms with Crippen molar-refractivity contribution in [2.45, 2.75) is 12.5 Å². The molecule has 1 heterocycles.